The van der Waals surface area contributed by atoms with Crippen molar-refractivity contribution in [2.24, 2.45) is 17.3 Å². The third kappa shape index (κ3) is 4.93. The molecule has 0 aromatic rings. The second kappa shape index (κ2) is 7.98. The first-order valence-electron chi connectivity index (χ1n) is 9.52. The van der Waals surface area contributed by atoms with Crippen molar-refractivity contribution in [2.75, 3.05) is 32.7 Å². The van der Waals surface area contributed by atoms with Gasteiger partial charge >= 0.3 is 5.97 Å². The van der Waals surface area contributed by atoms with Crippen molar-refractivity contribution in [1.29, 1.82) is 0 Å². The van der Waals surface area contributed by atoms with Crippen molar-refractivity contribution in [2.45, 2.75) is 65.8 Å². The van der Waals surface area contributed by atoms with E-state index in [4.69, 9.17) is 0 Å². The van der Waals surface area contributed by atoms with Gasteiger partial charge in [0.05, 0.1) is 5.41 Å². The van der Waals surface area contributed by atoms with Gasteiger partial charge in [-0.2, -0.15) is 0 Å². The number of carboxylic acids is 1. The SMILES string of the molecule is CC(C)CN1CCC(CC2CCN(C(C)C)CC2)(C(=O)O)CC1. The summed E-state index contributed by atoms with van der Waals surface area (Å²) in [5, 5.41) is 9.90. The van der Waals surface area contributed by atoms with Gasteiger partial charge in [0, 0.05) is 12.6 Å². The molecule has 1 N–H and O–H groups in total. The zero-order chi connectivity index (χ0) is 17.0. The first kappa shape index (κ1) is 18.7. The van der Waals surface area contributed by atoms with Crippen LogP contribution in [0, 0.1) is 17.3 Å². The lowest BCUT2D eigenvalue weighted by molar-refractivity contribution is -0.154. The third-order valence-electron chi connectivity index (χ3n) is 5.95. The van der Waals surface area contributed by atoms with Gasteiger partial charge in [-0.1, -0.05) is 13.8 Å². The molecule has 4 nitrogen and oxygen atoms in total. The van der Waals surface area contributed by atoms with E-state index >= 15 is 0 Å². The van der Waals surface area contributed by atoms with Crippen LogP contribution in [-0.4, -0.2) is 59.6 Å². The van der Waals surface area contributed by atoms with Crippen LogP contribution in [0.1, 0.15) is 59.8 Å². The molecule has 0 saturated carbocycles. The van der Waals surface area contributed by atoms with Crippen molar-refractivity contribution in [3.63, 3.8) is 0 Å². The molecule has 0 amide bonds. The number of nitrogens with zero attached hydrogens (tertiary/aromatic N) is 2. The molecule has 0 unspecified atom stereocenters. The zero-order valence-electron chi connectivity index (χ0n) is 15.6. The molecule has 4 heteroatoms. The summed E-state index contributed by atoms with van der Waals surface area (Å²) < 4.78 is 0. The highest BCUT2D eigenvalue weighted by Crippen LogP contribution is 2.41. The standard InChI is InChI=1S/C19H36N2O2/c1-15(2)14-20-11-7-19(8-12-20,18(22)23)13-17-5-9-21(10-6-17)16(3)4/h15-17H,5-14H2,1-4H3,(H,22,23). The predicted molar refractivity (Wildman–Crippen MR) is 94.6 cm³/mol. The molecule has 2 aliphatic heterocycles. The van der Waals surface area contributed by atoms with Crippen molar-refractivity contribution in [3.05, 3.63) is 0 Å². The summed E-state index contributed by atoms with van der Waals surface area (Å²) in [5.41, 5.74) is -0.460. The number of hydrogen-bond acceptors (Lipinski definition) is 3. The van der Waals surface area contributed by atoms with Gasteiger partial charge in [0.2, 0.25) is 0 Å². The van der Waals surface area contributed by atoms with Gasteiger partial charge in [-0.25, -0.2) is 0 Å². The van der Waals surface area contributed by atoms with Crippen LogP contribution in [0.25, 0.3) is 0 Å². The molecule has 0 aromatic carbocycles. The Morgan fingerprint density at radius 1 is 1.09 bits per heavy atom. The molecule has 0 atom stereocenters. The van der Waals surface area contributed by atoms with E-state index in [1.54, 1.807) is 0 Å². The van der Waals surface area contributed by atoms with E-state index in [1.807, 2.05) is 0 Å². The number of rotatable bonds is 6. The minimum absolute atomic E-state index is 0.460. The van der Waals surface area contributed by atoms with E-state index in [9.17, 15) is 9.90 Å². The fourth-order valence-corrected chi connectivity index (χ4v) is 4.41. The molecule has 134 valence electrons. The molecule has 0 bridgehead atoms. The lowest BCUT2D eigenvalue weighted by atomic mass is 9.70. The number of carbonyl (C=O) groups is 1. The van der Waals surface area contributed by atoms with E-state index in [0.29, 0.717) is 17.9 Å². The number of hydrogen-bond donors (Lipinski definition) is 1. The molecular weight excluding hydrogens is 288 g/mol. The molecular formula is C19H36N2O2. The van der Waals surface area contributed by atoms with E-state index in [0.717, 1.165) is 52.0 Å². The monoisotopic (exact) mass is 324 g/mol. The molecule has 0 aromatic heterocycles. The summed E-state index contributed by atoms with van der Waals surface area (Å²) in [6, 6.07) is 0.614. The van der Waals surface area contributed by atoms with Crippen LogP contribution in [0.4, 0.5) is 0 Å². The topological polar surface area (TPSA) is 43.8 Å². The molecule has 0 aliphatic carbocycles. The quantitative estimate of drug-likeness (QED) is 0.814. The smallest absolute Gasteiger partial charge is 0.309 e. The van der Waals surface area contributed by atoms with Crippen LogP contribution in [0.5, 0.6) is 0 Å². The maximum absolute atomic E-state index is 12.0. The maximum Gasteiger partial charge on any atom is 0.309 e. The Balaban J connectivity index is 1.89. The maximum atomic E-state index is 12.0. The Kier molecular flexibility index (Phi) is 6.49. The van der Waals surface area contributed by atoms with Crippen molar-refractivity contribution >= 4 is 5.97 Å². The first-order chi connectivity index (χ1) is 10.8. The normalized spacial score (nSPS) is 24.4. The number of piperidine rings is 2. The van der Waals surface area contributed by atoms with Gasteiger partial charge in [0.15, 0.2) is 0 Å². The van der Waals surface area contributed by atoms with E-state index in [-0.39, 0.29) is 0 Å². The van der Waals surface area contributed by atoms with E-state index in [1.165, 1.54) is 12.8 Å². The highest BCUT2D eigenvalue weighted by atomic mass is 16.4. The molecule has 23 heavy (non-hydrogen) atoms. The average molecular weight is 325 g/mol. The van der Waals surface area contributed by atoms with E-state index < -0.39 is 11.4 Å². The Bertz CT molecular complexity index is 379. The summed E-state index contributed by atoms with van der Waals surface area (Å²) in [5.74, 6) is 0.707. The summed E-state index contributed by atoms with van der Waals surface area (Å²) in [6.45, 7) is 14.3. The second-order valence-corrected chi connectivity index (χ2v) is 8.56. The first-order valence-corrected chi connectivity index (χ1v) is 9.52. The van der Waals surface area contributed by atoms with Crippen molar-refractivity contribution in [3.8, 4) is 0 Å². The Hall–Kier alpha value is -0.610. The highest BCUT2D eigenvalue weighted by molar-refractivity contribution is 5.74. The minimum atomic E-state index is -0.548. The average Bonchev–Trinajstić information content (AvgIpc) is 2.49. The largest absolute Gasteiger partial charge is 0.481 e. The second-order valence-electron chi connectivity index (χ2n) is 8.56. The lowest BCUT2D eigenvalue weighted by Gasteiger charge is -2.43. The van der Waals surface area contributed by atoms with Crippen LogP contribution in [0.2, 0.25) is 0 Å². The van der Waals surface area contributed by atoms with Crippen LogP contribution >= 0.6 is 0 Å². The van der Waals surface area contributed by atoms with Gasteiger partial charge < -0.3 is 14.9 Å². The number of carboxylic acid groups (broad SMARTS) is 1. The zero-order valence-corrected chi connectivity index (χ0v) is 15.6. The van der Waals surface area contributed by atoms with Gasteiger partial charge in [0.1, 0.15) is 0 Å². The highest BCUT2D eigenvalue weighted by Gasteiger charge is 2.43. The Morgan fingerprint density at radius 2 is 1.65 bits per heavy atom. The van der Waals surface area contributed by atoms with Gasteiger partial charge in [-0.05, 0) is 84.0 Å². The molecule has 2 heterocycles. The van der Waals surface area contributed by atoms with Gasteiger partial charge in [-0.15, -0.1) is 0 Å². The summed E-state index contributed by atoms with van der Waals surface area (Å²) >= 11 is 0. The molecule has 2 aliphatic rings. The van der Waals surface area contributed by atoms with Crippen LogP contribution in [0.3, 0.4) is 0 Å². The Labute approximate surface area is 142 Å². The fraction of sp³-hybridized carbons (Fsp3) is 0.947. The van der Waals surface area contributed by atoms with Crippen molar-refractivity contribution in [1.82, 2.24) is 9.80 Å². The fourth-order valence-electron chi connectivity index (χ4n) is 4.41. The number of aliphatic carboxylic acids is 1. The predicted octanol–water partition coefficient (Wildman–Crippen LogP) is 3.32. The molecule has 0 radical (unpaired) electrons. The van der Waals surface area contributed by atoms with Crippen molar-refractivity contribution < 1.29 is 9.90 Å². The van der Waals surface area contributed by atoms with Gasteiger partial charge in [-0.3, -0.25) is 4.79 Å². The van der Waals surface area contributed by atoms with Gasteiger partial charge in [0.25, 0.3) is 0 Å². The summed E-state index contributed by atoms with van der Waals surface area (Å²) in [6.07, 6.45) is 4.90. The Morgan fingerprint density at radius 3 is 2.09 bits per heavy atom. The third-order valence-corrected chi connectivity index (χ3v) is 5.95. The lowest BCUT2D eigenvalue weighted by Crippen LogP contribution is -2.47. The number of likely N-dealkylation sites (tertiary alicyclic amines) is 2. The summed E-state index contributed by atoms with van der Waals surface area (Å²) in [7, 11) is 0. The van der Waals surface area contributed by atoms with Crippen LogP contribution in [-0.2, 0) is 4.79 Å². The molecule has 0 spiro atoms. The summed E-state index contributed by atoms with van der Waals surface area (Å²) in [4.78, 5) is 17.0. The molecule has 2 fully saturated rings. The van der Waals surface area contributed by atoms with E-state index in [2.05, 4.69) is 37.5 Å². The van der Waals surface area contributed by atoms with Crippen LogP contribution in [0.15, 0.2) is 0 Å². The molecule has 2 saturated heterocycles. The van der Waals surface area contributed by atoms with Crippen LogP contribution < -0.4 is 0 Å². The molecule has 2 rings (SSSR count). The minimum Gasteiger partial charge on any atom is -0.481 e.